The molecule has 0 saturated heterocycles. The molecule has 0 heterocycles. The summed E-state index contributed by atoms with van der Waals surface area (Å²) in [6.45, 7) is -3.80. The molecule has 0 unspecified atom stereocenters. The number of hydrogen-bond acceptors (Lipinski definition) is 1. The SMILES string of the molecule is CC(C)(F)C(F)(F)C(F)(F)C(F)(F)OCC(F)(F)C(F)(F)F. The molecule has 13 heteroatoms. The molecule has 0 saturated carbocycles. The zero-order chi connectivity index (χ0) is 18.4. The summed E-state index contributed by atoms with van der Waals surface area (Å²) in [6, 6.07) is 0. The van der Waals surface area contributed by atoms with Gasteiger partial charge < -0.3 is 4.74 Å². The van der Waals surface area contributed by atoms with Crippen LogP contribution >= 0.6 is 0 Å². The molecule has 0 aliphatic rings. The van der Waals surface area contributed by atoms with Crippen LogP contribution in [0.25, 0.3) is 0 Å². The number of alkyl halides is 12. The molecule has 0 atom stereocenters. The van der Waals surface area contributed by atoms with Crippen LogP contribution in [-0.4, -0.2) is 42.3 Å². The van der Waals surface area contributed by atoms with Gasteiger partial charge in [-0.3, -0.25) is 0 Å². The van der Waals surface area contributed by atoms with Gasteiger partial charge in [-0.25, -0.2) is 4.39 Å². The van der Waals surface area contributed by atoms with Crippen LogP contribution in [0.4, 0.5) is 52.7 Å². The van der Waals surface area contributed by atoms with E-state index in [-0.39, 0.29) is 13.8 Å². The van der Waals surface area contributed by atoms with Crippen LogP contribution in [0.2, 0.25) is 0 Å². The topological polar surface area (TPSA) is 9.23 Å². The van der Waals surface area contributed by atoms with Crippen molar-refractivity contribution in [2.24, 2.45) is 0 Å². The fourth-order valence-corrected chi connectivity index (χ4v) is 0.910. The number of ether oxygens (including phenoxy) is 1. The third-order valence-corrected chi connectivity index (χ3v) is 2.36. The van der Waals surface area contributed by atoms with Gasteiger partial charge in [0.15, 0.2) is 5.67 Å². The molecule has 0 radical (unpaired) electrons. The lowest BCUT2D eigenvalue weighted by molar-refractivity contribution is -0.427. The Bertz CT molecular complexity index is 390. The first-order chi connectivity index (χ1) is 9.21. The number of halogens is 12. The van der Waals surface area contributed by atoms with Gasteiger partial charge in [-0.15, -0.1) is 0 Å². The number of hydrogen-bond donors (Lipinski definition) is 0. The van der Waals surface area contributed by atoms with Crippen LogP contribution in [0, 0.1) is 0 Å². The summed E-state index contributed by atoms with van der Waals surface area (Å²) in [5, 5.41) is 0. The predicted molar refractivity (Wildman–Crippen MR) is 47.0 cm³/mol. The van der Waals surface area contributed by atoms with E-state index in [1.165, 1.54) is 0 Å². The molecule has 0 aliphatic carbocycles. The second kappa shape index (κ2) is 5.34. The van der Waals surface area contributed by atoms with Crippen LogP contribution in [0.15, 0.2) is 0 Å². The van der Waals surface area contributed by atoms with E-state index in [4.69, 9.17) is 0 Å². The van der Waals surface area contributed by atoms with Crippen LogP contribution in [0.3, 0.4) is 0 Å². The van der Waals surface area contributed by atoms with Crippen molar-refractivity contribution in [3.8, 4) is 0 Å². The third-order valence-electron chi connectivity index (χ3n) is 2.36. The molecule has 0 bridgehead atoms. The van der Waals surface area contributed by atoms with E-state index in [2.05, 4.69) is 4.74 Å². The summed E-state index contributed by atoms with van der Waals surface area (Å²) < 4.78 is 152. The van der Waals surface area contributed by atoms with E-state index in [1.807, 2.05) is 0 Å². The maximum absolute atomic E-state index is 13.0. The molecule has 0 amide bonds. The van der Waals surface area contributed by atoms with E-state index in [9.17, 15) is 52.7 Å². The molecule has 0 spiro atoms. The first-order valence-corrected chi connectivity index (χ1v) is 5.11. The van der Waals surface area contributed by atoms with Crippen molar-refractivity contribution in [2.75, 3.05) is 6.61 Å². The maximum atomic E-state index is 13.0. The maximum Gasteiger partial charge on any atom is 0.455 e. The molecule has 0 rings (SSSR count). The minimum atomic E-state index is -6.69. The first-order valence-electron chi connectivity index (χ1n) is 5.11. The highest BCUT2D eigenvalue weighted by Gasteiger charge is 2.78. The fraction of sp³-hybridized carbons (Fsp3) is 1.00. The van der Waals surface area contributed by atoms with E-state index in [0.717, 1.165) is 0 Å². The molecule has 0 aromatic rings. The van der Waals surface area contributed by atoms with E-state index < -0.39 is 42.3 Å². The first kappa shape index (κ1) is 21.1. The van der Waals surface area contributed by atoms with Gasteiger partial charge in [-0.05, 0) is 13.8 Å². The second-order valence-electron chi connectivity index (χ2n) is 4.63. The summed E-state index contributed by atoms with van der Waals surface area (Å²) in [5.74, 6) is -18.8. The van der Waals surface area contributed by atoms with Crippen molar-refractivity contribution >= 4 is 0 Å². The highest BCUT2D eigenvalue weighted by Crippen LogP contribution is 2.52. The Kier molecular flexibility index (Phi) is 5.12. The summed E-state index contributed by atoms with van der Waals surface area (Å²) in [4.78, 5) is 0. The quantitative estimate of drug-likeness (QED) is 0.618. The van der Waals surface area contributed by atoms with E-state index in [1.54, 1.807) is 0 Å². The van der Waals surface area contributed by atoms with Crippen molar-refractivity contribution in [3.05, 3.63) is 0 Å². The highest BCUT2D eigenvalue weighted by molar-refractivity contribution is 5.01. The Morgan fingerprint density at radius 2 is 1.00 bits per heavy atom. The van der Waals surface area contributed by atoms with Crippen molar-refractivity contribution in [3.63, 3.8) is 0 Å². The van der Waals surface area contributed by atoms with Crippen molar-refractivity contribution in [1.29, 1.82) is 0 Å². The van der Waals surface area contributed by atoms with Gasteiger partial charge in [0, 0.05) is 0 Å². The lowest BCUT2D eigenvalue weighted by Crippen LogP contribution is -2.63. The predicted octanol–water partition coefficient (Wildman–Crippen LogP) is 4.81. The van der Waals surface area contributed by atoms with Crippen molar-refractivity contribution in [1.82, 2.24) is 0 Å². The van der Waals surface area contributed by atoms with Gasteiger partial charge in [0.2, 0.25) is 0 Å². The van der Waals surface area contributed by atoms with Crippen LogP contribution < -0.4 is 0 Å². The minimum Gasteiger partial charge on any atom is -0.309 e. The standard InChI is InChI=1S/C9H8F12O/c1-4(2,10)6(13,14)7(15,16)9(20,21)22-3-5(11,12)8(17,18)19/h3H2,1-2H3. The smallest absolute Gasteiger partial charge is 0.309 e. The Hall–Kier alpha value is -0.880. The summed E-state index contributed by atoms with van der Waals surface area (Å²) in [6.07, 6.45) is -12.9. The molecular weight excluding hydrogens is 352 g/mol. The highest BCUT2D eigenvalue weighted by atomic mass is 19.4. The summed E-state index contributed by atoms with van der Waals surface area (Å²) >= 11 is 0. The lowest BCUT2D eigenvalue weighted by Gasteiger charge is -2.37. The Morgan fingerprint density at radius 3 is 1.27 bits per heavy atom. The number of rotatable bonds is 6. The molecule has 0 aliphatic heterocycles. The van der Waals surface area contributed by atoms with Gasteiger partial charge >= 0.3 is 30.1 Å². The average molecular weight is 360 g/mol. The van der Waals surface area contributed by atoms with Crippen molar-refractivity contribution < 1.29 is 57.4 Å². The van der Waals surface area contributed by atoms with Gasteiger partial charge in [-0.1, -0.05) is 0 Å². The van der Waals surface area contributed by atoms with Crippen LogP contribution in [-0.2, 0) is 4.74 Å². The average Bonchev–Trinajstić information content (AvgIpc) is 2.23. The molecule has 0 aromatic heterocycles. The normalized spacial score (nSPS) is 16.1. The molecule has 22 heavy (non-hydrogen) atoms. The molecule has 0 fully saturated rings. The zero-order valence-corrected chi connectivity index (χ0v) is 10.7. The van der Waals surface area contributed by atoms with Gasteiger partial charge in [0.1, 0.15) is 6.61 Å². The lowest BCUT2D eigenvalue weighted by atomic mass is 9.95. The van der Waals surface area contributed by atoms with Crippen molar-refractivity contribution in [2.45, 2.75) is 49.6 Å². The van der Waals surface area contributed by atoms with Gasteiger partial charge in [-0.2, -0.15) is 48.3 Å². The van der Waals surface area contributed by atoms with E-state index in [0.29, 0.717) is 0 Å². The van der Waals surface area contributed by atoms with E-state index >= 15 is 0 Å². The molecule has 134 valence electrons. The van der Waals surface area contributed by atoms with Crippen LogP contribution in [0.1, 0.15) is 13.8 Å². The monoisotopic (exact) mass is 360 g/mol. The van der Waals surface area contributed by atoms with Crippen LogP contribution in [0.5, 0.6) is 0 Å². The molecule has 0 N–H and O–H groups in total. The second-order valence-corrected chi connectivity index (χ2v) is 4.63. The summed E-state index contributed by atoms with van der Waals surface area (Å²) in [7, 11) is 0. The Balaban J connectivity index is 5.41. The van der Waals surface area contributed by atoms with Gasteiger partial charge in [0.25, 0.3) is 0 Å². The summed E-state index contributed by atoms with van der Waals surface area (Å²) in [5.41, 5.74) is -4.25. The Labute approximate surface area is 115 Å². The third kappa shape index (κ3) is 3.54. The fourth-order valence-electron chi connectivity index (χ4n) is 0.910. The van der Waals surface area contributed by atoms with Gasteiger partial charge in [0.05, 0.1) is 0 Å². The largest absolute Gasteiger partial charge is 0.455 e. The molecule has 0 aromatic carbocycles. The Morgan fingerprint density at radius 1 is 0.636 bits per heavy atom. The zero-order valence-electron chi connectivity index (χ0n) is 10.7. The minimum absolute atomic E-state index is 0.221. The molecule has 1 nitrogen and oxygen atoms in total. The molecular formula is C9H8F12O.